The summed E-state index contributed by atoms with van der Waals surface area (Å²) in [6.45, 7) is 4.84. The maximum absolute atomic E-state index is 5.97. The zero-order valence-electron chi connectivity index (χ0n) is 9.74. The van der Waals surface area contributed by atoms with E-state index in [2.05, 4.69) is 39.7 Å². The van der Waals surface area contributed by atoms with Crippen LogP contribution in [0.2, 0.25) is 0 Å². The zero-order valence-corrected chi connectivity index (χ0v) is 11.3. The molecular weight excluding hydrogens is 270 g/mol. The molecule has 0 radical (unpaired) electrons. The first-order valence-corrected chi connectivity index (χ1v) is 6.31. The normalized spacial score (nSPS) is 11.5. The second-order valence-electron chi connectivity index (χ2n) is 3.72. The van der Waals surface area contributed by atoms with Gasteiger partial charge in [0.1, 0.15) is 5.60 Å². The van der Waals surface area contributed by atoms with Crippen molar-refractivity contribution >= 4 is 15.9 Å². The third-order valence-corrected chi connectivity index (χ3v) is 3.23. The fourth-order valence-electron chi connectivity index (χ4n) is 1.67. The molecule has 0 spiro atoms. The van der Waals surface area contributed by atoms with E-state index in [9.17, 15) is 0 Å². The highest BCUT2D eigenvalue weighted by atomic mass is 79.9. The molecule has 0 bridgehead atoms. The van der Waals surface area contributed by atoms with Gasteiger partial charge in [-0.2, -0.15) is 0 Å². The first-order valence-electron chi connectivity index (χ1n) is 5.52. The number of hydrogen-bond donors (Lipinski definition) is 1. The molecule has 90 valence electrons. The monoisotopic (exact) mass is 287 g/mol. The van der Waals surface area contributed by atoms with Gasteiger partial charge < -0.3 is 10.5 Å². The summed E-state index contributed by atoms with van der Waals surface area (Å²) in [6, 6.07) is 0. The molecule has 0 aromatic carbocycles. The van der Waals surface area contributed by atoms with Crippen LogP contribution in [0.1, 0.15) is 33.1 Å². The Labute approximate surface area is 105 Å². The largest absolute Gasteiger partial charge is 0.484 e. The van der Waals surface area contributed by atoms with Gasteiger partial charge in [-0.3, -0.25) is 0 Å². The minimum absolute atomic E-state index is 0.189. The second-order valence-corrected chi connectivity index (χ2v) is 4.43. The Bertz CT molecular complexity index is 312. The van der Waals surface area contributed by atoms with Gasteiger partial charge in [-0.25, -0.2) is 9.97 Å². The first-order chi connectivity index (χ1) is 7.65. The molecule has 2 N–H and O–H groups in total. The van der Waals surface area contributed by atoms with Crippen molar-refractivity contribution in [2.75, 3.05) is 6.54 Å². The van der Waals surface area contributed by atoms with E-state index in [4.69, 9.17) is 10.5 Å². The van der Waals surface area contributed by atoms with Crippen LogP contribution in [0.3, 0.4) is 0 Å². The van der Waals surface area contributed by atoms with Gasteiger partial charge in [0.15, 0.2) is 10.5 Å². The fraction of sp³-hybridized carbons (Fsp3) is 0.636. The molecule has 1 rings (SSSR count). The molecule has 0 unspecified atom stereocenters. The van der Waals surface area contributed by atoms with Gasteiger partial charge in [-0.15, -0.1) is 0 Å². The summed E-state index contributed by atoms with van der Waals surface area (Å²) >= 11 is 3.19. The number of aromatic nitrogens is 2. The van der Waals surface area contributed by atoms with Crippen LogP contribution in [-0.4, -0.2) is 22.1 Å². The van der Waals surface area contributed by atoms with Gasteiger partial charge >= 0.3 is 0 Å². The molecule has 1 aromatic rings. The standard InChI is InChI=1S/C11H18BrN3O/c1-3-11(4-2,5-6-13)16-9-7-14-10(12)15-8-9/h7-8H,3-6,13H2,1-2H3. The molecule has 0 aliphatic rings. The van der Waals surface area contributed by atoms with E-state index in [1.165, 1.54) is 0 Å². The van der Waals surface area contributed by atoms with Crippen molar-refractivity contribution in [3.63, 3.8) is 0 Å². The van der Waals surface area contributed by atoms with E-state index in [-0.39, 0.29) is 5.60 Å². The maximum Gasteiger partial charge on any atom is 0.196 e. The summed E-state index contributed by atoms with van der Waals surface area (Å²) in [5.74, 6) is 0.695. The Kier molecular flexibility index (Phi) is 5.15. The van der Waals surface area contributed by atoms with Crippen LogP contribution in [0, 0.1) is 0 Å². The number of nitrogens with zero attached hydrogens (tertiary/aromatic N) is 2. The average molecular weight is 288 g/mol. The van der Waals surface area contributed by atoms with E-state index >= 15 is 0 Å². The molecule has 16 heavy (non-hydrogen) atoms. The Morgan fingerprint density at radius 1 is 1.31 bits per heavy atom. The molecule has 1 heterocycles. The average Bonchev–Trinajstić information content (AvgIpc) is 2.31. The third-order valence-electron chi connectivity index (χ3n) is 2.82. The van der Waals surface area contributed by atoms with Crippen LogP contribution in [0.25, 0.3) is 0 Å². The predicted octanol–water partition coefficient (Wildman–Crippen LogP) is 2.53. The van der Waals surface area contributed by atoms with Crippen molar-refractivity contribution in [2.24, 2.45) is 5.73 Å². The summed E-state index contributed by atoms with van der Waals surface area (Å²) < 4.78 is 6.54. The van der Waals surface area contributed by atoms with Gasteiger partial charge in [-0.1, -0.05) is 13.8 Å². The Morgan fingerprint density at radius 2 is 1.88 bits per heavy atom. The Balaban J connectivity index is 2.78. The number of halogens is 1. The molecule has 0 saturated carbocycles. The van der Waals surface area contributed by atoms with Crippen molar-refractivity contribution in [2.45, 2.75) is 38.7 Å². The van der Waals surface area contributed by atoms with E-state index in [1.54, 1.807) is 12.4 Å². The van der Waals surface area contributed by atoms with Crippen molar-refractivity contribution in [3.8, 4) is 5.75 Å². The van der Waals surface area contributed by atoms with Crippen LogP contribution in [0.4, 0.5) is 0 Å². The van der Waals surface area contributed by atoms with Crippen molar-refractivity contribution in [1.29, 1.82) is 0 Å². The van der Waals surface area contributed by atoms with Crippen LogP contribution in [0.15, 0.2) is 17.1 Å². The van der Waals surface area contributed by atoms with Gasteiger partial charge in [-0.05, 0) is 41.7 Å². The number of hydrogen-bond acceptors (Lipinski definition) is 4. The molecule has 0 atom stereocenters. The highest BCUT2D eigenvalue weighted by molar-refractivity contribution is 9.10. The Hall–Kier alpha value is -0.680. The zero-order chi connectivity index (χ0) is 12.0. The summed E-state index contributed by atoms with van der Waals surface area (Å²) in [5.41, 5.74) is 5.44. The van der Waals surface area contributed by atoms with E-state index in [0.29, 0.717) is 17.0 Å². The van der Waals surface area contributed by atoms with Gasteiger partial charge in [0.2, 0.25) is 0 Å². The SMILES string of the molecule is CCC(CC)(CCN)Oc1cnc(Br)nc1. The summed E-state index contributed by atoms with van der Waals surface area (Å²) in [6.07, 6.45) is 6.05. The lowest BCUT2D eigenvalue weighted by Gasteiger charge is -2.32. The van der Waals surface area contributed by atoms with Crippen LogP contribution < -0.4 is 10.5 Å². The summed E-state index contributed by atoms with van der Waals surface area (Å²) in [7, 11) is 0. The molecule has 0 saturated heterocycles. The van der Waals surface area contributed by atoms with Gasteiger partial charge in [0, 0.05) is 0 Å². The van der Waals surface area contributed by atoms with Crippen molar-refractivity contribution in [1.82, 2.24) is 9.97 Å². The number of nitrogens with two attached hydrogens (primary N) is 1. The van der Waals surface area contributed by atoms with E-state index in [0.717, 1.165) is 19.3 Å². The van der Waals surface area contributed by atoms with Crippen LogP contribution in [-0.2, 0) is 0 Å². The van der Waals surface area contributed by atoms with Crippen molar-refractivity contribution in [3.05, 3.63) is 17.1 Å². The quantitative estimate of drug-likeness (QED) is 0.817. The minimum Gasteiger partial charge on any atom is -0.484 e. The van der Waals surface area contributed by atoms with Gasteiger partial charge in [0.05, 0.1) is 12.4 Å². The molecule has 0 aliphatic heterocycles. The van der Waals surface area contributed by atoms with Crippen LogP contribution in [0.5, 0.6) is 5.75 Å². The Morgan fingerprint density at radius 3 is 2.31 bits per heavy atom. The lowest BCUT2D eigenvalue weighted by atomic mass is 9.93. The van der Waals surface area contributed by atoms with Gasteiger partial charge in [0.25, 0.3) is 0 Å². The smallest absolute Gasteiger partial charge is 0.196 e. The lowest BCUT2D eigenvalue weighted by Crippen LogP contribution is -2.37. The van der Waals surface area contributed by atoms with Crippen molar-refractivity contribution < 1.29 is 4.74 Å². The fourth-order valence-corrected chi connectivity index (χ4v) is 1.87. The van der Waals surface area contributed by atoms with E-state index < -0.39 is 0 Å². The minimum atomic E-state index is -0.189. The van der Waals surface area contributed by atoms with E-state index in [1.807, 2.05) is 0 Å². The molecule has 4 nitrogen and oxygen atoms in total. The first kappa shape index (κ1) is 13.4. The summed E-state index contributed by atoms with van der Waals surface area (Å²) in [5, 5.41) is 0. The topological polar surface area (TPSA) is 61.0 Å². The second kappa shape index (κ2) is 6.15. The lowest BCUT2D eigenvalue weighted by molar-refractivity contribution is 0.0527. The highest BCUT2D eigenvalue weighted by Crippen LogP contribution is 2.26. The molecular formula is C11H18BrN3O. The number of ether oxygens (including phenoxy) is 1. The molecule has 1 aromatic heterocycles. The molecule has 0 fully saturated rings. The maximum atomic E-state index is 5.97. The predicted molar refractivity (Wildman–Crippen MR) is 67.3 cm³/mol. The highest BCUT2D eigenvalue weighted by Gasteiger charge is 2.27. The summed E-state index contributed by atoms with van der Waals surface area (Å²) in [4.78, 5) is 8.08. The molecule has 0 amide bonds. The third kappa shape index (κ3) is 3.42. The number of rotatable bonds is 6. The van der Waals surface area contributed by atoms with Crippen LogP contribution >= 0.6 is 15.9 Å². The molecule has 0 aliphatic carbocycles. The molecule has 5 heteroatoms.